The minimum Gasteiger partial charge on any atom is -0.394 e. The number of rotatable bonds is 3. The molecule has 0 aromatic heterocycles. The second-order valence-electron chi connectivity index (χ2n) is 10.7. The van der Waals surface area contributed by atoms with E-state index in [1.54, 1.807) is 0 Å². The van der Waals surface area contributed by atoms with Crippen molar-refractivity contribution in [1.29, 1.82) is 0 Å². The van der Waals surface area contributed by atoms with Crippen LogP contribution in [-0.4, -0.2) is 39.4 Å². The number of nitro groups is 1. The Hall–Kier alpha value is -1.60. The zero-order chi connectivity index (χ0) is 23.1. The third kappa shape index (κ3) is 3.99. The highest BCUT2D eigenvalue weighted by Crippen LogP contribution is 2.67. The fourth-order valence-corrected chi connectivity index (χ4v) is 7.70. The highest BCUT2D eigenvalue weighted by molar-refractivity contribution is 5.95. The summed E-state index contributed by atoms with van der Waals surface area (Å²) in [6.45, 7) is 7.32. The Morgan fingerprint density at radius 3 is 2.35 bits per heavy atom. The van der Waals surface area contributed by atoms with Gasteiger partial charge in [0, 0.05) is 12.0 Å². The van der Waals surface area contributed by atoms with Gasteiger partial charge in [0.2, 0.25) is 5.78 Å². The first kappa shape index (κ1) is 24.1. The average molecular weight is 436 g/mol. The van der Waals surface area contributed by atoms with Crippen molar-refractivity contribution in [3.8, 4) is 0 Å². The molecule has 174 valence electrons. The molecular weight excluding hydrogens is 398 g/mol. The number of hydrogen-bond donors (Lipinski definition) is 2. The van der Waals surface area contributed by atoms with Gasteiger partial charge in [-0.2, -0.15) is 0 Å². The third-order valence-corrected chi connectivity index (χ3v) is 9.00. The van der Waals surface area contributed by atoms with Crippen molar-refractivity contribution in [1.82, 2.24) is 0 Å². The molecule has 7 atom stereocenters. The molecule has 7 nitrogen and oxygen atoms in total. The summed E-state index contributed by atoms with van der Waals surface area (Å²) in [6, 6.07) is 0. The lowest BCUT2D eigenvalue weighted by molar-refractivity contribution is -0.422. The number of hydrogen-bond acceptors (Lipinski definition) is 6. The van der Waals surface area contributed by atoms with E-state index in [4.69, 9.17) is 0 Å². The average Bonchev–Trinajstić information content (AvgIpc) is 3.04. The Bertz CT molecular complexity index is 787. The van der Waals surface area contributed by atoms with Crippen LogP contribution < -0.4 is 0 Å². The van der Waals surface area contributed by atoms with Gasteiger partial charge in [0.05, 0.1) is 17.6 Å². The highest BCUT2D eigenvalue weighted by Gasteiger charge is 2.61. The Morgan fingerprint density at radius 2 is 1.77 bits per heavy atom. The van der Waals surface area contributed by atoms with E-state index in [9.17, 15) is 29.9 Å². The molecule has 3 saturated carbocycles. The SMILES string of the molecule is CC(C)=O.C[C@]12CC[C@H]3[C@@H](CCC4=C([N+](=O)[O-])C(=O)CC[C@@]43C)[C@@H]1CC[C@@H]2C(O)CO. The van der Waals surface area contributed by atoms with Crippen LogP contribution in [0.4, 0.5) is 0 Å². The quantitative estimate of drug-likeness (QED) is 0.516. The van der Waals surface area contributed by atoms with Crippen LogP contribution in [-0.2, 0) is 9.59 Å². The van der Waals surface area contributed by atoms with Crippen molar-refractivity contribution < 1.29 is 24.7 Å². The summed E-state index contributed by atoms with van der Waals surface area (Å²) in [5, 5.41) is 31.4. The molecule has 4 aliphatic carbocycles. The maximum atomic E-state index is 12.2. The largest absolute Gasteiger partial charge is 0.394 e. The number of allylic oxidation sites excluding steroid dienone is 1. The number of fused-ring (bicyclic) bond motifs is 5. The van der Waals surface area contributed by atoms with E-state index in [0.717, 1.165) is 44.1 Å². The van der Waals surface area contributed by atoms with Crippen LogP contribution in [0, 0.1) is 44.6 Å². The molecule has 31 heavy (non-hydrogen) atoms. The van der Waals surface area contributed by atoms with Crippen LogP contribution in [0.3, 0.4) is 0 Å². The maximum Gasteiger partial charge on any atom is 0.311 e. The standard InChI is InChI=1S/C21H31NO5.C3H6O/c1-20-9-7-14-12(13(20)5-6-15(20)18(25)11-23)3-4-16-19(22(26)27)17(24)8-10-21(14,16)2;1-3(2)4/h12-15,18,23,25H,3-11H2,1-2H3;1-2H3/t12-,13-,14-,15+,18?,20-,21+;/m0./s1. The smallest absolute Gasteiger partial charge is 0.311 e. The van der Waals surface area contributed by atoms with Crippen molar-refractivity contribution >= 4 is 11.6 Å². The lowest BCUT2D eigenvalue weighted by atomic mass is 9.46. The fourth-order valence-electron chi connectivity index (χ4n) is 7.70. The molecule has 0 radical (unpaired) electrons. The van der Waals surface area contributed by atoms with Gasteiger partial charge in [-0.25, -0.2) is 0 Å². The van der Waals surface area contributed by atoms with Gasteiger partial charge in [0.15, 0.2) is 0 Å². The summed E-state index contributed by atoms with van der Waals surface area (Å²) in [6.07, 6.45) is 5.91. The van der Waals surface area contributed by atoms with Crippen LogP contribution in [0.15, 0.2) is 11.3 Å². The minimum atomic E-state index is -0.653. The molecule has 0 spiro atoms. The monoisotopic (exact) mass is 435 g/mol. The second kappa shape index (κ2) is 8.74. The molecule has 0 bridgehead atoms. The molecular formula is C24H37NO6. The number of Topliss-reactive ketones (excluding diaryl/α,β-unsaturated/α-hetero) is 2. The van der Waals surface area contributed by atoms with Crippen molar-refractivity contribution in [2.75, 3.05) is 6.61 Å². The summed E-state index contributed by atoms with van der Waals surface area (Å²) >= 11 is 0. The molecule has 0 aromatic carbocycles. The predicted octanol–water partition coefficient (Wildman–Crippen LogP) is 3.69. The molecule has 0 aromatic rings. The van der Waals surface area contributed by atoms with Crippen LogP contribution in [0.2, 0.25) is 0 Å². The van der Waals surface area contributed by atoms with E-state index in [0.29, 0.717) is 24.2 Å². The molecule has 1 unspecified atom stereocenters. The van der Waals surface area contributed by atoms with Gasteiger partial charge in [-0.15, -0.1) is 0 Å². The molecule has 0 heterocycles. The maximum absolute atomic E-state index is 12.2. The van der Waals surface area contributed by atoms with Crippen molar-refractivity contribution in [3.05, 3.63) is 21.4 Å². The van der Waals surface area contributed by atoms with Gasteiger partial charge in [-0.3, -0.25) is 14.9 Å². The van der Waals surface area contributed by atoms with Crippen molar-refractivity contribution in [2.45, 2.75) is 85.2 Å². The number of aliphatic hydroxyl groups excluding tert-OH is 2. The first-order chi connectivity index (χ1) is 14.5. The molecule has 4 rings (SSSR count). The summed E-state index contributed by atoms with van der Waals surface area (Å²) < 4.78 is 0. The number of ketones is 2. The minimum absolute atomic E-state index is 0.0390. The molecule has 0 aliphatic heterocycles. The van der Waals surface area contributed by atoms with E-state index in [1.165, 1.54) is 13.8 Å². The third-order valence-electron chi connectivity index (χ3n) is 9.00. The van der Waals surface area contributed by atoms with Crippen LogP contribution in [0.25, 0.3) is 0 Å². The van der Waals surface area contributed by atoms with Gasteiger partial charge in [-0.05, 0) is 93.3 Å². The predicted molar refractivity (Wildman–Crippen MR) is 116 cm³/mol. The van der Waals surface area contributed by atoms with Gasteiger partial charge in [0.25, 0.3) is 0 Å². The van der Waals surface area contributed by atoms with Gasteiger partial charge >= 0.3 is 5.70 Å². The molecule has 7 heteroatoms. The van der Waals surface area contributed by atoms with Gasteiger partial charge in [-0.1, -0.05) is 13.8 Å². The number of carbonyl (C=O) groups is 2. The Morgan fingerprint density at radius 1 is 1.13 bits per heavy atom. The van der Waals surface area contributed by atoms with Crippen LogP contribution in [0.5, 0.6) is 0 Å². The van der Waals surface area contributed by atoms with Crippen molar-refractivity contribution in [3.63, 3.8) is 0 Å². The summed E-state index contributed by atoms with van der Waals surface area (Å²) in [5.41, 5.74) is 0.486. The molecule has 0 amide bonds. The molecule has 3 fully saturated rings. The number of carbonyl (C=O) groups excluding carboxylic acids is 2. The van der Waals surface area contributed by atoms with Crippen molar-refractivity contribution in [2.24, 2.45) is 34.5 Å². The molecule has 0 saturated heterocycles. The Balaban J connectivity index is 0.000000628. The summed E-state index contributed by atoms with van der Waals surface area (Å²) in [7, 11) is 0. The van der Waals surface area contributed by atoms with Gasteiger partial charge in [0.1, 0.15) is 5.78 Å². The van der Waals surface area contributed by atoms with Crippen LogP contribution in [0.1, 0.15) is 79.1 Å². The Kier molecular flexibility index (Phi) is 6.78. The zero-order valence-corrected chi connectivity index (χ0v) is 19.2. The van der Waals surface area contributed by atoms with E-state index >= 15 is 0 Å². The number of nitrogens with zero attached hydrogens (tertiary/aromatic N) is 1. The van der Waals surface area contributed by atoms with Crippen LogP contribution >= 0.6 is 0 Å². The highest BCUT2D eigenvalue weighted by atomic mass is 16.6. The molecule has 4 aliphatic rings. The van der Waals surface area contributed by atoms with E-state index in [2.05, 4.69) is 13.8 Å². The first-order valence-corrected chi connectivity index (χ1v) is 11.6. The summed E-state index contributed by atoms with van der Waals surface area (Å²) in [4.78, 5) is 32.8. The molecule has 2 N–H and O–H groups in total. The summed E-state index contributed by atoms with van der Waals surface area (Å²) in [5.74, 6) is 1.39. The fraction of sp³-hybridized carbons (Fsp3) is 0.833. The lowest BCUT2D eigenvalue weighted by Crippen LogP contribution is -2.52. The Labute approximate surface area is 184 Å². The zero-order valence-electron chi connectivity index (χ0n) is 19.2. The van der Waals surface area contributed by atoms with E-state index < -0.39 is 11.0 Å². The van der Waals surface area contributed by atoms with Gasteiger partial charge < -0.3 is 15.0 Å². The second-order valence-corrected chi connectivity index (χ2v) is 10.7. The topological polar surface area (TPSA) is 118 Å². The first-order valence-electron chi connectivity index (χ1n) is 11.6. The normalized spacial score (nSPS) is 40.1. The van der Waals surface area contributed by atoms with E-state index in [1.807, 2.05) is 0 Å². The number of aliphatic hydroxyl groups is 2. The van der Waals surface area contributed by atoms with E-state index in [-0.39, 0.29) is 47.0 Å². The lowest BCUT2D eigenvalue weighted by Gasteiger charge is -2.58.